The van der Waals surface area contributed by atoms with E-state index < -0.39 is 0 Å². The molecule has 8 heteroatoms. The number of fused-ring (bicyclic) bond motifs is 1. The predicted molar refractivity (Wildman–Crippen MR) is 116 cm³/mol. The monoisotopic (exact) mass is 420 g/mol. The lowest BCUT2D eigenvalue weighted by Crippen LogP contribution is -2.36. The van der Waals surface area contributed by atoms with Crippen LogP contribution in [0.25, 0.3) is 5.65 Å². The third kappa shape index (κ3) is 4.12. The van der Waals surface area contributed by atoms with Crippen molar-refractivity contribution < 1.29 is 9.63 Å². The van der Waals surface area contributed by atoms with Crippen molar-refractivity contribution in [2.24, 2.45) is 11.8 Å². The lowest BCUT2D eigenvalue weighted by molar-refractivity contribution is -0.183. The fourth-order valence-corrected chi connectivity index (χ4v) is 4.86. The molecule has 0 bridgehead atoms. The first-order chi connectivity index (χ1) is 15.1. The summed E-state index contributed by atoms with van der Waals surface area (Å²) in [5, 5.41) is 5.82. The van der Waals surface area contributed by atoms with Crippen molar-refractivity contribution in [2.45, 2.75) is 51.5 Å². The van der Waals surface area contributed by atoms with Crippen LogP contribution in [-0.4, -0.2) is 37.2 Å². The van der Waals surface area contributed by atoms with Gasteiger partial charge >= 0.3 is 0 Å². The van der Waals surface area contributed by atoms with Gasteiger partial charge < -0.3 is 5.73 Å². The molecule has 31 heavy (non-hydrogen) atoms. The van der Waals surface area contributed by atoms with E-state index in [1.807, 2.05) is 31.5 Å². The lowest BCUT2D eigenvalue weighted by atomic mass is 9.79. The molecule has 5 rings (SSSR count). The Kier molecular flexibility index (Phi) is 5.31. The van der Waals surface area contributed by atoms with Crippen LogP contribution in [0.5, 0.6) is 0 Å². The second-order valence-electron chi connectivity index (χ2n) is 8.77. The fraction of sp³-hybridized carbons (Fsp3) is 0.478. The molecule has 4 heterocycles. The van der Waals surface area contributed by atoms with Crippen LogP contribution in [0.2, 0.25) is 0 Å². The number of hydrogen-bond donors (Lipinski definition) is 1. The minimum absolute atomic E-state index is 0.0276. The summed E-state index contributed by atoms with van der Waals surface area (Å²) >= 11 is 0. The SMILES string of the molecule is Cc1ccc([C@@H]2CCON2C(=O)[C@H]2CC[C@H](Cc3ccc4nc(N)nn4c3)CC2)cn1. The standard InChI is InChI=1S/C23H28N6O2/c1-15-2-6-19(13-25-15)20-10-11-31-29(20)22(30)18-7-3-16(4-8-18)12-17-5-9-21-26-23(24)27-28(21)14-17/h2,5-6,9,13-14,16,18,20H,3-4,7-8,10-12H2,1H3,(H2,24,27)/t16-,18-,20-/m0/s1. The molecule has 3 aromatic heterocycles. The largest absolute Gasteiger partial charge is 0.366 e. The molecule has 2 fully saturated rings. The number of aryl methyl sites for hydroxylation is 1. The van der Waals surface area contributed by atoms with Crippen LogP contribution in [0.4, 0.5) is 5.95 Å². The third-order valence-corrected chi connectivity index (χ3v) is 6.57. The minimum Gasteiger partial charge on any atom is -0.366 e. The van der Waals surface area contributed by atoms with E-state index in [2.05, 4.69) is 27.2 Å². The number of carbonyl (C=O) groups is 1. The Hall–Kier alpha value is -3.00. The van der Waals surface area contributed by atoms with Gasteiger partial charge in [-0.1, -0.05) is 12.1 Å². The van der Waals surface area contributed by atoms with Crippen LogP contribution in [0, 0.1) is 18.8 Å². The van der Waals surface area contributed by atoms with E-state index in [0.717, 1.165) is 55.4 Å². The topological polar surface area (TPSA) is 98.6 Å². The molecular weight excluding hydrogens is 392 g/mol. The molecule has 1 atom stereocenters. The Balaban J connectivity index is 1.19. The van der Waals surface area contributed by atoms with Gasteiger partial charge in [0.25, 0.3) is 0 Å². The molecule has 0 spiro atoms. The van der Waals surface area contributed by atoms with Gasteiger partial charge in [-0.05, 0) is 68.2 Å². The summed E-state index contributed by atoms with van der Waals surface area (Å²) in [6.45, 7) is 2.55. The van der Waals surface area contributed by atoms with Crippen molar-refractivity contribution in [3.63, 3.8) is 0 Å². The maximum Gasteiger partial charge on any atom is 0.249 e. The van der Waals surface area contributed by atoms with Crippen LogP contribution in [0.1, 0.15) is 55.0 Å². The first-order valence-corrected chi connectivity index (χ1v) is 11.1. The Morgan fingerprint density at radius 2 is 2.00 bits per heavy atom. The molecule has 8 nitrogen and oxygen atoms in total. The van der Waals surface area contributed by atoms with Crippen LogP contribution in [0.15, 0.2) is 36.7 Å². The number of aromatic nitrogens is 4. The molecule has 0 aromatic carbocycles. The summed E-state index contributed by atoms with van der Waals surface area (Å²) in [6, 6.07) is 8.07. The highest BCUT2D eigenvalue weighted by Crippen LogP contribution is 2.36. The van der Waals surface area contributed by atoms with Gasteiger partial charge in [0.2, 0.25) is 11.9 Å². The molecule has 1 aliphatic carbocycles. The quantitative estimate of drug-likeness (QED) is 0.696. The van der Waals surface area contributed by atoms with Crippen molar-refractivity contribution in [2.75, 3.05) is 12.3 Å². The summed E-state index contributed by atoms with van der Waals surface area (Å²) in [5.74, 6) is 1.02. The van der Waals surface area contributed by atoms with E-state index in [4.69, 9.17) is 10.6 Å². The van der Waals surface area contributed by atoms with Gasteiger partial charge in [-0.2, -0.15) is 4.98 Å². The number of nitrogens with zero attached hydrogens (tertiary/aromatic N) is 5. The number of hydroxylamine groups is 2. The molecule has 1 saturated carbocycles. The minimum atomic E-state index is -0.0276. The summed E-state index contributed by atoms with van der Waals surface area (Å²) in [5.41, 5.74) is 9.70. The smallest absolute Gasteiger partial charge is 0.249 e. The molecule has 0 radical (unpaired) electrons. The van der Waals surface area contributed by atoms with E-state index >= 15 is 0 Å². The molecule has 2 N–H and O–H groups in total. The second kappa shape index (κ2) is 8.26. The Bertz CT molecular complexity index is 1070. The van der Waals surface area contributed by atoms with Gasteiger partial charge in [-0.15, -0.1) is 5.10 Å². The molecule has 0 unspecified atom stereocenters. The Morgan fingerprint density at radius 1 is 1.16 bits per heavy atom. The second-order valence-corrected chi connectivity index (χ2v) is 8.77. The highest BCUT2D eigenvalue weighted by atomic mass is 16.7. The Labute approximate surface area is 181 Å². The predicted octanol–water partition coefficient (Wildman–Crippen LogP) is 3.27. The van der Waals surface area contributed by atoms with Gasteiger partial charge in [0.1, 0.15) is 0 Å². The number of anilines is 1. The highest BCUT2D eigenvalue weighted by Gasteiger charge is 2.37. The average molecular weight is 421 g/mol. The van der Waals surface area contributed by atoms with Crippen LogP contribution in [0.3, 0.4) is 0 Å². The highest BCUT2D eigenvalue weighted by molar-refractivity contribution is 5.78. The van der Waals surface area contributed by atoms with Crippen molar-refractivity contribution >= 4 is 17.5 Å². The molecule has 1 saturated heterocycles. The Morgan fingerprint density at radius 3 is 2.77 bits per heavy atom. The molecule has 1 aliphatic heterocycles. The maximum atomic E-state index is 13.2. The van der Waals surface area contributed by atoms with E-state index in [0.29, 0.717) is 18.5 Å². The maximum absolute atomic E-state index is 13.2. The van der Waals surface area contributed by atoms with Crippen molar-refractivity contribution in [3.8, 4) is 0 Å². The zero-order valence-corrected chi connectivity index (χ0v) is 17.8. The zero-order chi connectivity index (χ0) is 21.4. The fourth-order valence-electron chi connectivity index (χ4n) is 4.86. The average Bonchev–Trinajstić information content (AvgIpc) is 3.40. The summed E-state index contributed by atoms with van der Waals surface area (Å²) < 4.78 is 1.74. The van der Waals surface area contributed by atoms with E-state index in [9.17, 15) is 4.79 Å². The van der Waals surface area contributed by atoms with Gasteiger partial charge in [0.15, 0.2) is 5.65 Å². The number of rotatable bonds is 4. The van der Waals surface area contributed by atoms with Crippen molar-refractivity contribution in [1.82, 2.24) is 24.6 Å². The normalized spacial score (nSPS) is 24.0. The summed E-state index contributed by atoms with van der Waals surface area (Å²) in [7, 11) is 0. The van der Waals surface area contributed by atoms with Gasteiger partial charge in [0.05, 0.1) is 12.6 Å². The molecule has 1 amide bonds. The first-order valence-electron chi connectivity index (χ1n) is 11.1. The first kappa shape index (κ1) is 19.9. The number of nitrogens with two attached hydrogens (primary N) is 1. The van der Waals surface area contributed by atoms with E-state index in [1.54, 1.807) is 9.58 Å². The van der Waals surface area contributed by atoms with Gasteiger partial charge in [-0.3, -0.25) is 14.6 Å². The van der Waals surface area contributed by atoms with Crippen molar-refractivity contribution in [1.29, 1.82) is 0 Å². The van der Waals surface area contributed by atoms with Crippen LogP contribution < -0.4 is 5.73 Å². The number of hydrogen-bond acceptors (Lipinski definition) is 6. The zero-order valence-electron chi connectivity index (χ0n) is 17.8. The molecule has 3 aromatic rings. The number of nitrogen functional groups attached to an aromatic ring is 1. The summed E-state index contributed by atoms with van der Waals surface area (Å²) in [4.78, 5) is 27.5. The summed E-state index contributed by atoms with van der Waals surface area (Å²) in [6.07, 6.45) is 9.56. The number of amides is 1. The van der Waals surface area contributed by atoms with Gasteiger partial charge in [-0.25, -0.2) is 9.58 Å². The molecule has 162 valence electrons. The molecule has 2 aliphatic rings. The van der Waals surface area contributed by atoms with Gasteiger partial charge in [0, 0.05) is 30.4 Å². The number of pyridine rings is 2. The number of carbonyl (C=O) groups excluding carboxylic acids is 1. The van der Waals surface area contributed by atoms with E-state index in [-0.39, 0.29) is 17.9 Å². The third-order valence-electron chi connectivity index (χ3n) is 6.57. The van der Waals surface area contributed by atoms with E-state index in [1.165, 1.54) is 5.56 Å². The lowest BCUT2D eigenvalue weighted by Gasteiger charge is -2.32. The van der Waals surface area contributed by atoms with Crippen LogP contribution >= 0.6 is 0 Å². The molecular formula is C23H28N6O2. The van der Waals surface area contributed by atoms with Crippen LogP contribution in [-0.2, 0) is 16.1 Å². The van der Waals surface area contributed by atoms with Crippen molar-refractivity contribution in [3.05, 3.63) is 53.5 Å².